The Kier molecular flexibility index (Phi) is 2.60. The van der Waals surface area contributed by atoms with Crippen molar-refractivity contribution in [2.75, 3.05) is 13.2 Å². The summed E-state index contributed by atoms with van der Waals surface area (Å²) < 4.78 is 5.93. The molecule has 2 rings (SSSR count). The van der Waals surface area contributed by atoms with Crippen molar-refractivity contribution >= 4 is 27.5 Å². The van der Waals surface area contributed by atoms with Crippen molar-refractivity contribution in [1.29, 1.82) is 0 Å². The van der Waals surface area contributed by atoms with E-state index in [0.717, 1.165) is 15.6 Å². The van der Waals surface area contributed by atoms with Crippen LogP contribution in [0.4, 0.5) is 0 Å². The second-order valence-electron chi connectivity index (χ2n) is 3.61. The highest BCUT2D eigenvalue weighted by atomic mass is 79.9. The lowest BCUT2D eigenvalue weighted by molar-refractivity contribution is -0.184. The number of ether oxygens (including phenoxy) is 1. The fourth-order valence-corrected chi connectivity index (χ4v) is 2.37. The van der Waals surface area contributed by atoms with Crippen molar-refractivity contribution in [3.8, 4) is 0 Å². The van der Waals surface area contributed by atoms with Gasteiger partial charge in [0.15, 0.2) is 0 Å². The van der Waals surface area contributed by atoms with Crippen LogP contribution in [-0.2, 0) is 10.3 Å². The third-order valence-electron chi connectivity index (χ3n) is 2.40. The van der Waals surface area contributed by atoms with Crippen molar-refractivity contribution < 1.29 is 9.84 Å². The highest BCUT2D eigenvalue weighted by molar-refractivity contribution is 9.10. The van der Waals surface area contributed by atoms with E-state index in [1.165, 1.54) is 0 Å². The van der Waals surface area contributed by atoms with Gasteiger partial charge < -0.3 is 9.84 Å². The first kappa shape index (κ1) is 10.4. The summed E-state index contributed by atoms with van der Waals surface area (Å²) in [6.07, 6.45) is 0. The minimum absolute atomic E-state index is 0.322. The predicted octanol–water partition coefficient (Wildman–Crippen LogP) is 2.63. The van der Waals surface area contributed by atoms with Crippen molar-refractivity contribution in [3.05, 3.63) is 32.8 Å². The summed E-state index contributed by atoms with van der Waals surface area (Å²) in [5, 5.41) is 10.7. The molecule has 1 aliphatic heterocycles. The van der Waals surface area contributed by atoms with Crippen LogP contribution >= 0.6 is 27.5 Å². The van der Waals surface area contributed by atoms with Gasteiger partial charge in [-0.15, -0.1) is 0 Å². The molecule has 1 aromatic rings. The van der Waals surface area contributed by atoms with Gasteiger partial charge >= 0.3 is 0 Å². The molecular formula is C10H10BrClO2. The average molecular weight is 278 g/mol. The summed E-state index contributed by atoms with van der Waals surface area (Å²) in [6.45, 7) is 2.56. The fourth-order valence-electron chi connectivity index (χ4n) is 1.52. The molecule has 0 saturated carbocycles. The molecular weight excluding hydrogens is 267 g/mol. The molecule has 76 valence electrons. The fraction of sp³-hybridized carbons (Fsp3) is 0.400. The minimum Gasteiger partial charge on any atom is -0.380 e. The van der Waals surface area contributed by atoms with Gasteiger partial charge in [0.2, 0.25) is 0 Å². The van der Waals surface area contributed by atoms with E-state index in [9.17, 15) is 5.11 Å². The van der Waals surface area contributed by atoms with E-state index in [1.54, 1.807) is 0 Å². The van der Waals surface area contributed by atoms with Crippen LogP contribution in [0.3, 0.4) is 0 Å². The normalized spacial score (nSPS) is 19.1. The second-order valence-corrected chi connectivity index (χ2v) is 4.90. The van der Waals surface area contributed by atoms with Gasteiger partial charge in [-0.3, -0.25) is 0 Å². The molecule has 0 aliphatic carbocycles. The molecule has 0 radical (unpaired) electrons. The maximum absolute atomic E-state index is 10.1. The molecule has 1 heterocycles. The lowest BCUT2D eigenvalue weighted by Gasteiger charge is -2.37. The van der Waals surface area contributed by atoms with Gasteiger partial charge in [0.25, 0.3) is 0 Å². The van der Waals surface area contributed by atoms with Crippen LogP contribution in [-0.4, -0.2) is 18.3 Å². The molecule has 1 aliphatic rings. The first-order valence-electron chi connectivity index (χ1n) is 4.29. The molecule has 1 N–H and O–H groups in total. The summed E-state index contributed by atoms with van der Waals surface area (Å²) in [4.78, 5) is 0. The lowest BCUT2D eigenvalue weighted by Crippen LogP contribution is -2.46. The van der Waals surface area contributed by atoms with Crippen LogP contribution in [0.2, 0.25) is 5.02 Å². The van der Waals surface area contributed by atoms with E-state index >= 15 is 0 Å². The van der Waals surface area contributed by atoms with Gasteiger partial charge in [-0.1, -0.05) is 27.5 Å². The van der Waals surface area contributed by atoms with Gasteiger partial charge in [-0.25, -0.2) is 0 Å². The monoisotopic (exact) mass is 276 g/mol. The molecule has 0 aromatic heterocycles. The molecule has 0 spiro atoms. The first-order chi connectivity index (χ1) is 6.53. The number of hydrogen-bond acceptors (Lipinski definition) is 2. The number of benzene rings is 1. The van der Waals surface area contributed by atoms with E-state index in [1.807, 2.05) is 19.1 Å². The number of hydrogen-bond donors (Lipinski definition) is 1. The molecule has 0 bridgehead atoms. The number of rotatable bonds is 1. The molecule has 1 saturated heterocycles. The van der Waals surface area contributed by atoms with E-state index < -0.39 is 5.60 Å². The highest BCUT2D eigenvalue weighted by Crippen LogP contribution is 2.37. The van der Waals surface area contributed by atoms with Gasteiger partial charge in [0.1, 0.15) is 5.60 Å². The summed E-state index contributed by atoms with van der Waals surface area (Å²) in [5.41, 5.74) is 0.805. The van der Waals surface area contributed by atoms with Gasteiger partial charge in [0.05, 0.1) is 13.2 Å². The smallest absolute Gasteiger partial charge is 0.137 e. The molecule has 0 unspecified atom stereocenters. The quantitative estimate of drug-likeness (QED) is 0.855. The number of halogens is 2. The van der Waals surface area contributed by atoms with Crippen molar-refractivity contribution in [1.82, 2.24) is 0 Å². The topological polar surface area (TPSA) is 29.5 Å². The maximum atomic E-state index is 10.1. The summed E-state index contributed by atoms with van der Waals surface area (Å²) in [5.74, 6) is 0. The minimum atomic E-state index is -0.897. The zero-order valence-corrected chi connectivity index (χ0v) is 10.0. The van der Waals surface area contributed by atoms with Crippen LogP contribution in [0.15, 0.2) is 16.6 Å². The standard InChI is InChI=1S/C10H10BrClO2/c1-6-2-7(11)3-8(9(6)12)10(13)4-14-5-10/h2-3,13H,4-5H2,1H3. The molecule has 4 heteroatoms. The number of aliphatic hydroxyl groups is 1. The van der Waals surface area contributed by atoms with Gasteiger partial charge in [-0.05, 0) is 24.6 Å². The maximum Gasteiger partial charge on any atom is 0.137 e. The van der Waals surface area contributed by atoms with Crippen molar-refractivity contribution in [3.63, 3.8) is 0 Å². The van der Waals surface area contributed by atoms with E-state index in [-0.39, 0.29) is 0 Å². The largest absolute Gasteiger partial charge is 0.380 e. The zero-order chi connectivity index (χ0) is 10.3. The molecule has 14 heavy (non-hydrogen) atoms. The third-order valence-corrected chi connectivity index (χ3v) is 3.36. The van der Waals surface area contributed by atoms with E-state index in [0.29, 0.717) is 18.2 Å². The first-order valence-corrected chi connectivity index (χ1v) is 5.46. The summed E-state index contributed by atoms with van der Waals surface area (Å²) >= 11 is 9.51. The molecule has 2 nitrogen and oxygen atoms in total. The second kappa shape index (κ2) is 3.49. The van der Waals surface area contributed by atoms with Crippen molar-refractivity contribution in [2.24, 2.45) is 0 Å². The summed E-state index contributed by atoms with van der Waals surface area (Å²) in [7, 11) is 0. The number of aryl methyl sites for hydroxylation is 1. The molecule has 0 amide bonds. The third kappa shape index (κ3) is 1.58. The van der Waals surface area contributed by atoms with Crippen LogP contribution in [0, 0.1) is 6.92 Å². The Morgan fingerprint density at radius 3 is 2.64 bits per heavy atom. The molecule has 1 fully saturated rings. The Morgan fingerprint density at radius 2 is 2.14 bits per heavy atom. The van der Waals surface area contributed by atoms with E-state index in [4.69, 9.17) is 16.3 Å². The van der Waals surface area contributed by atoms with Crippen LogP contribution < -0.4 is 0 Å². The zero-order valence-electron chi connectivity index (χ0n) is 7.68. The predicted molar refractivity (Wildman–Crippen MR) is 58.6 cm³/mol. The average Bonchev–Trinajstić information content (AvgIpc) is 2.07. The molecule has 1 aromatic carbocycles. The van der Waals surface area contributed by atoms with Crippen LogP contribution in [0.5, 0.6) is 0 Å². The van der Waals surface area contributed by atoms with Crippen molar-refractivity contribution in [2.45, 2.75) is 12.5 Å². The Labute approximate surface area is 96.0 Å². The Bertz CT molecular complexity index is 375. The van der Waals surface area contributed by atoms with E-state index in [2.05, 4.69) is 15.9 Å². The van der Waals surface area contributed by atoms with Gasteiger partial charge in [-0.2, -0.15) is 0 Å². The summed E-state index contributed by atoms with van der Waals surface area (Å²) in [6, 6.07) is 3.77. The Hall–Kier alpha value is -0.0900. The Balaban J connectivity index is 2.51. The SMILES string of the molecule is Cc1cc(Br)cc(C2(O)COC2)c1Cl. The highest BCUT2D eigenvalue weighted by Gasteiger charge is 2.40. The van der Waals surface area contributed by atoms with Crippen LogP contribution in [0.1, 0.15) is 11.1 Å². The van der Waals surface area contributed by atoms with Gasteiger partial charge in [0, 0.05) is 15.1 Å². The van der Waals surface area contributed by atoms with Crippen LogP contribution in [0.25, 0.3) is 0 Å². The molecule has 0 atom stereocenters. The lowest BCUT2D eigenvalue weighted by atomic mass is 9.91. The Morgan fingerprint density at radius 1 is 1.50 bits per heavy atom.